The quantitative estimate of drug-likeness (QED) is 0.918. The van der Waals surface area contributed by atoms with Gasteiger partial charge in [0.1, 0.15) is 5.82 Å². The van der Waals surface area contributed by atoms with Crippen LogP contribution in [0.4, 0.5) is 5.82 Å². The number of aryl methyl sites for hydroxylation is 1. The molecule has 4 nitrogen and oxygen atoms in total. The minimum Gasteiger partial charge on any atom is -0.383 e. The van der Waals surface area contributed by atoms with Gasteiger partial charge in [0.15, 0.2) is 0 Å². The van der Waals surface area contributed by atoms with Gasteiger partial charge in [-0.05, 0) is 28.8 Å². The highest BCUT2D eigenvalue weighted by Gasteiger charge is 2.21. The first-order chi connectivity index (χ1) is 6.99. The molecule has 0 bridgehead atoms. The Morgan fingerprint density at radius 3 is 2.47 bits per heavy atom. The van der Waals surface area contributed by atoms with Crippen molar-refractivity contribution in [2.45, 2.75) is 26.8 Å². The fourth-order valence-electron chi connectivity index (χ4n) is 1.51. The van der Waals surface area contributed by atoms with E-state index >= 15 is 0 Å². The van der Waals surface area contributed by atoms with Crippen LogP contribution in [0, 0.1) is 12.8 Å². The summed E-state index contributed by atoms with van der Waals surface area (Å²) in [4.78, 5) is 0. The van der Waals surface area contributed by atoms with Gasteiger partial charge in [-0.2, -0.15) is 5.10 Å². The predicted molar refractivity (Wildman–Crippen MR) is 64.8 cm³/mol. The Morgan fingerprint density at radius 1 is 1.53 bits per heavy atom. The van der Waals surface area contributed by atoms with Gasteiger partial charge in [-0.1, -0.05) is 13.8 Å². The number of nitrogen functional groups attached to an aromatic ring is 1. The third-order valence-corrected chi connectivity index (χ3v) is 3.45. The summed E-state index contributed by atoms with van der Waals surface area (Å²) in [6, 6.07) is 0.181. The number of hydrogen-bond acceptors (Lipinski definition) is 3. The molecule has 0 saturated heterocycles. The maximum absolute atomic E-state index is 5.97. The van der Waals surface area contributed by atoms with Gasteiger partial charge in [0.25, 0.3) is 0 Å². The number of hydrogen-bond donors (Lipinski definition) is 1. The summed E-state index contributed by atoms with van der Waals surface area (Å²) in [6.07, 6.45) is 0. The van der Waals surface area contributed by atoms with Crippen LogP contribution >= 0.6 is 15.9 Å². The van der Waals surface area contributed by atoms with E-state index in [0.29, 0.717) is 18.3 Å². The lowest BCUT2D eigenvalue weighted by Gasteiger charge is -2.21. The monoisotopic (exact) mass is 275 g/mol. The van der Waals surface area contributed by atoms with Crippen LogP contribution in [0.1, 0.15) is 25.6 Å². The summed E-state index contributed by atoms with van der Waals surface area (Å²) in [7, 11) is 1.69. The van der Waals surface area contributed by atoms with Crippen LogP contribution in [0.25, 0.3) is 0 Å². The van der Waals surface area contributed by atoms with E-state index in [9.17, 15) is 0 Å². The SMILES string of the molecule is COCC(C(C)C)n1nc(C)c(Br)c1N. The number of ether oxygens (including phenoxy) is 1. The summed E-state index contributed by atoms with van der Waals surface area (Å²) >= 11 is 3.42. The standard InChI is InChI=1S/C10H18BrN3O/c1-6(2)8(5-15-4)14-10(12)9(11)7(3)13-14/h6,8H,5,12H2,1-4H3. The molecular formula is C10H18BrN3O. The first kappa shape index (κ1) is 12.5. The topological polar surface area (TPSA) is 53.1 Å². The summed E-state index contributed by atoms with van der Waals surface area (Å²) < 4.78 is 7.91. The van der Waals surface area contributed by atoms with E-state index in [1.54, 1.807) is 7.11 Å². The molecule has 0 aromatic carbocycles. The van der Waals surface area contributed by atoms with E-state index in [-0.39, 0.29) is 6.04 Å². The van der Waals surface area contributed by atoms with E-state index in [4.69, 9.17) is 10.5 Å². The molecule has 5 heteroatoms. The molecule has 0 radical (unpaired) electrons. The summed E-state index contributed by atoms with van der Waals surface area (Å²) in [5.74, 6) is 1.10. The number of aromatic nitrogens is 2. The number of nitrogens with zero attached hydrogens (tertiary/aromatic N) is 2. The zero-order valence-electron chi connectivity index (χ0n) is 9.62. The third kappa shape index (κ3) is 2.52. The molecule has 1 aromatic rings. The molecule has 2 N–H and O–H groups in total. The summed E-state index contributed by atoms with van der Waals surface area (Å²) in [6.45, 7) is 6.82. The van der Waals surface area contributed by atoms with Crippen molar-refractivity contribution in [2.75, 3.05) is 19.5 Å². The van der Waals surface area contributed by atoms with Crippen molar-refractivity contribution in [3.63, 3.8) is 0 Å². The minimum absolute atomic E-state index is 0.181. The molecule has 0 aliphatic rings. The average molecular weight is 276 g/mol. The molecule has 0 spiro atoms. The molecule has 1 unspecified atom stereocenters. The molecule has 0 fully saturated rings. The maximum atomic E-state index is 5.97. The fourth-order valence-corrected chi connectivity index (χ4v) is 1.78. The summed E-state index contributed by atoms with van der Waals surface area (Å²) in [5.41, 5.74) is 6.88. The molecule has 0 saturated carbocycles. The second kappa shape index (κ2) is 4.99. The maximum Gasteiger partial charge on any atom is 0.136 e. The van der Waals surface area contributed by atoms with Gasteiger partial charge >= 0.3 is 0 Å². The zero-order valence-corrected chi connectivity index (χ0v) is 11.2. The van der Waals surface area contributed by atoms with Gasteiger partial charge in [0.05, 0.1) is 22.8 Å². The van der Waals surface area contributed by atoms with E-state index in [1.807, 2.05) is 11.6 Å². The van der Waals surface area contributed by atoms with Gasteiger partial charge in [-0.3, -0.25) is 0 Å². The van der Waals surface area contributed by atoms with Crippen LogP contribution in [0.2, 0.25) is 0 Å². The van der Waals surface area contributed by atoms with Crippen molar-refractivity contribution in [2.24, 2.45) is 5.92 Å². The fraction of sp³-hybridized carbons (Fsp3) is 0.700. The van der Waals surface area contributed by atoms with Gasteiger partial charge in [-0.25, -0.2) is 4.68 Å². The molecule has 15 heavy (non-hydrogen) atoms. The Hall–Kier alpha value is -0.550. The lowest BCUT2D eigenvalue weighted by Crippen LogP contribution is -2.22. The van der Waals surface area contributed by atoms with Gasteiger partial charge in [0, 0.05) is 7.11 Å². The van der Waals surface area contributed by atoms with Crippen LogP contribution < -0.4 is 5.73 Å². The van der Waals surface area contributed by atoms with E-state index in [2.05, 4.69) is 34.9 Å². The Morgan fingerprint density at radius 2 is 2.13 bits per heavy atom. The van der Waals surface area contributed by atoms with E-state index in [1.165, 1.54) is 0 Å². The smallest absolute Gasteiger partial charge is 0.136 e. The van der Waals surface area contributed by atoms with Gasteiger partial charge in [-0.15, -0.1) is 0 Å². The molecule has 0 aliphatic heterocycles. The van der Waals surface area contributed by atoms with Crippen LogP contribution in [-0.4, -0.2) is 23.5 Å². The first-order valence-corrected chi connectivity index (χ1v) is 5.77. The predicted octanol–water partition coefficient (Wildman–Crippen LogP) is 2.38. The second-order valence-electron chi connectivity index (χ2n) is 4.00. The number of methoxy groups -OCH3 is 1. The van der Waals surface area contributed by atoms with Crippen LogP contribution in [-0.2, 0) is 4.74 Å². The number of halogens is 1. The first-order valence-electron chi connectivity index (χ1n) is 4.98. The van der Waals surface area contributed by atoms with E-state index in [0.717, 1.165) is 10.2 Å². The lowest BCUT2D eigenvalue weighted by molar-refractivity contribution is 0.127. The molecule has 1 heterocycles. The summed E-state index contributed by atoms with van der Waals surface area (Å²) in [5, 5.41) is 4.41. The van der Waals surface area contributed by atoms with Gasteiger partial charge < -0.3 is 10.5 Å². The molecular weight excluding hydrogens is 258 g/mol. The molecule has 0 aliphatic carbocycles. The van der Waals surface area contributed by atoms with E-state index < -0.39 is 0 Å². The van der Waals surface area contributed by atoms with Crippen LogP contribution in [0.3, 0.4) is 0 Å². The van der Waals surface area contributed by atoms with Crippen LogP contribution in [0.5, 0.6) is 0 Å². The molecule has 86 valence electrons. The minimum atomic E-state index is 0.181. The van der Waals surface area contributed by atoms with Gasteiger partial charge in [0.2, 0.25) is 0 Å². The molecule has 1 rings (SSSR count). The Labute approximate surface area is 98.9 Å². The van der Waals surface area contributed by atoms with Crippen molar-refractivity contribution < 1.29 is 4.74 Å². The number of anilines is 1. The lowest BCUT2D eigenvalue weighted by atomic mass is 10.1. The number of nitrogens with two attached hydrogens (primary N) is 1. The Bertz CT molecular complexity index is 336. The second-order valence-corrected chi connectivity index (χ2v) is 4.79. The highest BCUT2D eigenvalue weighted by Crippen LogP contribution is 2.28. The highest BCUT2D eigenvalue weighted by molar-refractivity contribution is 9.10. The highest BCUT2D eigenvalue weighted by atomic mass is 79.9. The third-order valence-electron chi connectivity index (χ3n) is 2.47. The van der Waals surface area contributed by atoms with Crippen molar-refractivity contribution in [3.05, 3.63) is 10.2 Å². The van der Waals surface area contributed by atoms with Crippen LogP contribution in [0.15, 0.2) is 4.47 Å². The molecule has 0 amide bonds. The normalized spacial score (nSPS) is 13.5. The van der Waals surface area contributed by atoms with Crippen molar-refractivity contribution in [3.8, 4) is 0 Å². The Kier molecular flexibility index (Phi) is 4.16. The molecule has 1 aromatic heterocycles. The zero-order chi connectivity index (χ0) is 11.6. The average Bonchev–Trinajstić information content (AvgIpc) is 2.42. The van der Waals surface area contributed by atoms with Crippen molar-refractivity contribution in [1.82, 2.24) is 9.78 Å². The number of rotatable bonds is 4. The largest absolute Gasteiger partial charge is 0.383 e. The Balaban J connectivity index is 3.05. The molecule has 1 atom stereocenters. The van der Waals surface area contributed by atoms with Crippen molar-refractivity contribution in [1.29, 1.82) is 0 Å². The van der Waals surface area contributed by atoms with Crippen molar-refractivity contribution >= 4 is 21.7 Å².